The minimum atomic E-state index is -1.12. The standard InChI is InChI=1S/C14H19NO3/c1-2-10-5-3-4-6-12(10)18-11-7-8-14(15,9-11)13(16)17/h3-6,11H,2,7-9,15H2,1H3,(H,16,17). The SMILES string of the molecule is CCc1ccccc1OC1CCC(N)(C(=O)O)C1. The van der Waals surface area contributed by atoms with Crippen molar-refractivity contribution in [3.05, 3.63) is 29.8 Å². The van der Waals surface area contributed by atoms with Crippen molar-refractivity contribution in [3.63, 3.8) is 0 Å². The molecule has 0 aliphatic heterocycles. The molecule has 0 heterocycles. The second kappa shape index (κ2) is 4.98. The Bertz CT molecular complexity index is 446. The lowest BCUT2D eigenvalue weighted by Crippen LogP contribution is -2.46. The van der Waals surface area contributed by atoms with Crippen LogP contribution in [0.3, 0.4) is 0 Å². The first-order valence-corrected chi connectivity index (χ1v) is 6.32. The van der Waals surface area contributed by atoms with E-state index in [9.17, 15) is 4.79 Å². The third kappa shape index (κ3) is 2.48. The van der Waals surface area contributed by atoms with E-state index in [1.54, 1.807) is 0 Å². The molecule has 1 aromatic rings. The summed E-state index contributed by atoms with van der Waals surface area (Å²) in [6, 6.07) is 7.86. The zero-order chi connectivity index (χ0) is 13.2. The van der Waals surface area contributed by atoms with Crippen molar-refractivity contribution in [2.45, 2.75) is 44.2 Å². The highest BCUT2D eigenvalue weighted by Crippen LogP contribution is 2.32. The Morgan fingerprint density at radius 3 is 2.89 bits per heavy atom. The fraction of sp³-hybridized carbons (Fsp3) is 0.500. The summed E-state index contributed by atoms with van der Waals surface area (Å²) in [4.78, 5) is 11.1. The molecule has 3 N–H and O–H groups in total. The highest BCUT2D eigenvalue weighted by Gasteiger charge is 2.43. The molecule has 98 valence electrons. The van der Waals surface area contributed by atoms with Crippen LogP contribution in [0.4, 0.5) is 0 Å². The molecule has 4 nitrogen and oxygen atoms in total. The van der Waals surface area contributed by atoms with E-state index >= 15 is 0 Å². The molecule has 0 bridgehead atoms. The second-order valence-corrected chi connectivity index (χ2v) is 4.91. The van der Waals surface area contributed by atoms with E-state index in [-0.39, 0.29) is 6.10 Å². The molecule has 0 aromatic heterocycles. The van der Waals surface area contributed by atoms with Gasteiger partial charge in [-0.1, -0.05) is 25.1 Å². The van der Waals surface area contributed by atoms with Crippen LogP contribution in [0, 0.1) is 0 Å². The molecule has 18 heavy (non-hydrogen) atoms. The number of hydrogen-bond acceptors (Lipinski definition) is 3. The van der Waals surface area contributed by atoms with Crippen LogP contribution in [-0.2, 0) is 11.2 Å². The first-order chi connectivity index (χ1) is 8.55. The van der Waals surface area contributed by atoms with E-state index in [1.807, 2.05) is 24.3 Å². The predicted molar refractivity (Wildman–Crippen MR) is 68.6 cm³/mol. The number of para-hydroxylation sites is 1. The number of aliphatic carboxylic acids is 1. The molecule has 0 saturated heterocycles. The molecule has 0 radical (unpaired) electrons. The first kappa shape index (κ1) is 12.9. The summed E-state index contributed by atoms with van der Waals surface area (Å²) in [7, 11) is 0. The fourth-order valence-electron chi connectivity index (χ4n) is 2.41. The molecule has 1 saturated carbocycles. The van der Waals surface area contributed by atoms with Gasteiger partial charge in [-0.3, -0.25) is 4.79 Å². The lowest BCUT2D eigenvalue weighted by Gasteiger charge is -2.19. The van der Waals surface area contributed by atoms with Crippen molar-refractivity contribution in [2.24, 2.45) is 5.73 Å². The lowest BCUT2D eigenvalue weighted by atomic mass is 10.00. The van der Waals surface area contributed by atoms with Crippen molar-refractivity contribution >= 4 is 5.97 Å². The summed E-state index contributed by atoms with van der Waals surface area (Å²) in [6.07, 6.45) is 2.34. The molecule has 1 aromatic carbocycles. The summed E-state index contributed by atoms with van der Waals surface area (Å²) in [5, 5.41) is 9.08. The normalized spacial score (nSPS) is 27.1. The molecular weight excluding hydrogens is 230 g/mol. The number of carboxylic acids is 1. The van der Waals surface area contributed by atoms with Crippen molar-refractivity contribution in [1.82, 2.24) is 0 Å². The van der Waals surface area contributed by atoms with E-state index in [2.05, 4.69) is 6.92 Å². The largest absolute Gasteiger partial charge is 0.490 e. The maximum atomic E-state index is 11.1. The molecule has 0 spiro atoms. The minimum Gasteiger partial charge on any atom is -0.490 e. The lowest BCUT2D eigenvalue weighted by molar-refractivity contribution is -0.143. The highest BCUT2D eigenvalue weighted by molar-refractivity contribution is 5.79. The van der Waals surface area contributed by atoms with Gasteiger partial charge in [0.15, 0.2) is 0 Å². The number of aryl methyl sites for hydroxylation is 1. The third-order valence-corrected chi connectivity index (χ3v) is 3.58. The number of rotatable bonds is 4. The van der Waals surface area contributed by atoms with Crippen molar-refractivity contribution in [2.75, 3.05) is 0 Å². The van der Waals surface area contributed by atoms with Crippen LogP contribution < -0.4 is 10.5 Å². The molecular formula is C14H19NO3. The van der Waals surface area contributed by atoms with Crippen LogP contribution in [-0.4, -0.2) is 22.7 Å². The number of nitrogens with two attached hydrogens (primary N) is 1. The van der Waals surface area contributed by atoms with Crippen molar-refractivity contribution in [1.29, 1.82) is 0 Å². The zero-order valence-corrected chi connectivity index (χ0v) is 10.6. The van der Waals surface area contributed by atoms with Crippen LogP contribution in [0.5, 0.6) is 5.75 Å². The molecule has 2 rings (SSSR count). The van der Waals surface area contributed by atoms with Crippen LogP contribution in [0.15, 0.2) is 24.3 Å². The molecule has 1 aliphatic carbocycles. The van der Waals surface area contributed by atoms with Gasteiger partial charge in [0.05, 0.1) is 0 Å². The molecule has 2 atom stereocenters. The molecule has 2 unspecified atom stereocenters. The van der Waals surface area contributed by atoms with E-state index in [0.717, 1.165) is 17.7 Å². The third-order valence-electron chi connectivity index (χ3n) is 3.58. The van der Waals surface area contributed by atoms with Gasteiger partial charge >= 0.3 is 5.97 Å². The van der Waals surface area contributed by atoms with Crippen molar-refractivity contribution in [3.8, 4) is 5.75 Å². The van der Waals surface area contributed by atoms with Crippen LogP contribution in [0.25, 0.3) is 0 Å². The Hall–Kier alpha value is -1.55. The van der Waals surface area contributed by atoms with Gasteiger partial charge in [0.1, 0.15) is 17.4 Å². The average molecular weight is 249 g/mol. The van der Waals surface area contributed by atoms with E-state index in [4.69, 9.17) is 15.6 Å². The number of hydrogen-bond donors (Lipinski definition) is 2. The van der Waals surface area contributed by atoms with Gasteiger partial charge in [-0.05, 0) is 30.9 Å². The Morgan fingerprint density at radius 1 is 1.56 bits per heavy atom. The van der Waals surface area contributed by atoms with Gasteiger partial charge in [0.25, 0.3) is 0 Å². The summed E-state index contributed by atoms with van der Waals surface area (Å²) in [5.74, 6) is -0.0861. The van der Waals surface area contributed by atoms with Gasteiger partial charge in [0, 0.05) is 6.42 Å². The summed E-state index contributed by atoms with van der Waals surface area (Å²) in [6.45, 7) is 2.07. The smallest absolute Gasteiger partial charge is 0.323 e. The zero-order valence-electron chi connectivity index (χ0n) is 10.6. The monoisotopic (exact) mass is 249 g/mol. The number of carbonyl (C=O) groups is 1. The number of ether oxygens (including phenoxy) is 1. The summed E-state index contributed by atoms with van der Waals surface area (Å²) < 4.78 is 5.90. The highest BCUT2D eigenvalue weighted by atomic mass is 16.5. The maximum absolute atomic E-state index is 11.1. The van der Waals surface area contributed by atoms with Gasteiger partial charge in [0.2, 0.25) is 0 Å². The molecule has 0 amide bonds. The van der Waals surface area contributed by atoms with Crippen LogP contribution >= 0.6 is 0 Å². The van der Waals surface area contributed by atoms with E-state index < -0.39 is 11.5 Å². The van der Waals surface area contributed by atoms with E-state index in [0.29, 0.717) is 19.3 Å². The quantitative estimate of drug-likeness (QED) is 0.855. The van der Waals surface area contributed by atoms with E-state index in [1.165, 1.54) is 0 Å². The summed E-state index contributed by atoms with van der Waals surface area (Å²) in [5.41, 5.74) is 5.86. The Labute approximate surface area is 107 Å². The molecule has 1 fully saturated rings. The van der Waals surface area contributed by atoms with Crippen LogP contribution in [0.1, 0.15) is 31.7 Å². The fourth-order valence-corrected chi connectivity index (χ4v) is 2.41. The topological polar surface area (TPSA) is 72.5 Å². The minimum absolute atomic E-state index is 0.0983. The average Bonchev–Trinajstić information content (AvgIpc) is 2.73. The van der Waals surface area contributed by atoms with Crippen molar-refractivity contribution < 1.29 is 14.6 Å². The van der Waals surface area contributed by atoms with Gasteiger partial charge in [-0.2, -0.15) is 0 Å². The Kier molecular flexibility index (Phi) is 3.57. The number of benzene rings is 1. The van der Waals surface area contributed by atoms with Gasteiger partial charge in [-0.15, -0.1) is 0 Å². The molecule has 4 heteroatoms. The Balaban J connectivity index is 2.06. The maximum Gasteiger partial charge on any atom is 0.323 e. The molecule has 1 aliphatic rings. The first-order valence-electron chi connectivity index (χ1n) is 6.32. The second-order valence-electron chi connectivity index (χ2n) is 4.91. The Morgan fingerprint density at radius 2 is 2.28 bits per heavy atom. The summed E-state index contributed by atoms with van der Waals surface area (Å²) >= 11 is 0. The number of carboxylic acid groups (broad SMARTS) is 1. The predicted octanol–water partition coefficient (Wildman–Crippen LogP) is 1.96. The van der Waals surface area contributed by atoms with Gasteiger partial charge in [-0.25, -0.2) is 0 Å². The van der Waals surface area contributed by atoms with Crippen LogP contribution in [0.2, 0.25) is 0 Å². The van der Waals surface area contributed by atoms with Gasteiger partial charge < -0.3 is 15.6 Å².